The van der Waals surface area contributed by atoms with Gasteiger partial charge >= 0.3 is 5.97 Å². The maximum absolute atomic E-state index is 11.7. The van der Waals surface area contributed by atoms with Gasteiger partial charge in [-0.25, -0.2) is 5.01 Å². The summed E-state index contributed by atoms with van der Waals surface area (Å²) in [5, 5.41) is 10.5. The molecule has 5 heteroatoms. The monoisotopic (exact) mass is 214 g/mol. The van der Waals surface area contributed by atoms with Crippen LogP contribution < -0.4 is 5.43 Å². The molecule has 0 aliphatic heterocycles. The largest absolute Gasteiger partial charge is 0.481 e. The molecular formula is C10H18N2O3. The van der Waals surface area contributed by atoms with Crippen LogP contribution in [0, 0.1) is 11.8 Å². The standard InChI is InChI=1S/C10H18N2O3/c1-12(2)11-9(13)7-5-3-4-6-8(7)10(14)15/h7-8H,3-6H2,1-2H3,(H,11,13)(H,14,15)/t7-,8+/m1/s1. The number of amides is 1. The van der Waals surface area contributed by atoms with Crippen LogP contribution in [0.5, 0.6) is 0 Å². The van der Waals surface area contributed by atoms with Crippen molar-refractivity contribution in [3.8, 4) is 0 Å². The van der Waals surface area contributed by atoms with Crippen molar-refractivity contribution in [1.82, 2.24) is 10.4 Å². The molecule has 0 aromatic rings. The summed E-state index contributed by atoms with van der Waals surface area (Å²) in [4.78, 5) is 22.7. The van der Waals surface area contributed by atoms with Crippen LogP contribution in [-0.2, 0) is 9.59 Å². The van der Waals surface area contributed by atoms with Gasteiger partial charge in [0.25, 0.3) is 0 Å². The lowest BCUT2D eigenvalue weighted by molar-refractivity contribution is -0.149. The van der Waals surface area contributed by atoms with Gasteiger partial charge in [-0.3, -0.25) is 15.0 Å². The molecule has 0 spiro atoms. The highest BCUT2D eigenvalue weighted by atomic mass is 16.4. The van der Waals surface area contributed by atoms with Crippen molar-refractivity contribution in [3.05, 3.63) is 0 Å². The molecule has 0 saturated heterocycles. The highest BCUT2D eigenvalue weighted by Crippen LogP contribution is 2.30. The summed E-state index contributed by atoms with van der Waals surface area (Å²) in [6.45, 7) is 0. The SMILES string of the molecule is CN(C)NC(=O)[C@@H]1CCCC[C@@H]1C(=O)O. The summed E-state index contributed by atoms with van der Waals surface area (Å²) in [6.07, 6.45) is 3.13. The molecule has 1 rings (SSSR count). The number of carbonyl (C=O) groups excluding carboxylic acids is 1. The van der Waals surface area contributed by atoms with Crippen molar-refractivity contribution in [1.29, 1.82) is 0 Å². The first-order valence-corrected chi connectivity index (χ1v) is 5.23. The average molecular weight is 214 g/mol. The van der Waals surface area contributed by atoms with E-state index in [1.807, 2.05) is 0 Å². The fourth-order valence-electron chi connectivity index (χ4n) is 2.04. The zero-order valence-corrected chi connectivity index (χ0v) is 9.19. The predicted octanol–water partition coefficient (Wildman–Crippen LogP) is 0.470. The Bertz CT molecular complexity index is 253. The van der Waals surface area contributed by atoms with E-state index in [-0.39, 0.29) is 11.8 Å². The van der Waals surface area contributed by atoms with Crippen molar-refractivity contribution < 1.29 is 14.7 Å². The number of nitrogens with one attached hydrogen (secondary N) is 1. The number of rotatable bonds is 3. The molecule has 86 valence electrons. The minimum atomic E-state index is -0.853. The van der Waals surface area contributed by atoms with Gasteiger partial charge in [0.15, 0.2) is 0 Å². The molecule has 1 amide bonds. The van der Waals surface area contributed by atoms with Crippen LogP contribution in [0.3, 0.4) is 0 Å². The lowest BCUT2D eigenvalue weighted by Gasteiger charge is -2.28. The van der Waals surface area contributed by atoms with Crippen molar-refractivity contribution in [2.45, 2.75) is 25.7 Å². The maximum atomic E-state index is 11.7. The summed E-state index contributed by atoms with van der Waals surface area (Å²) >= 11 is 0. The van der Waals surface area contributed by atoms with E-state index in [2.05, 4.69) is 5.43 Å². The second kappa shape index (κ2) is 5.11. The second-order valence-electron chi connectivity index (χ2n) is 4.21. The van der Waals surface area contributed by atoms with Gasteiger partial charge in [0.2, 0.25) is 5.91 Å². The van der Waals surface area contributed by atoms with Gasteiger partial charge in [-0.15, -0.1) is 0 Å². The molecule has 15 heavy (non-hydrogen) atoms. The molecule has 1 aliphatic rings. The Hall–Kier alpha value is -1.10. The summed E-state index contributed by atoms with van der Waals surface area (Å²) in [5.41, 5.74) is 2.63. The molecule has 2 N–H and O–H groups in total. The van der Waals surface area contributed by atoms with Crippen molar-refractivity contribution in [2.75, 3.05) is 14.1 Å². The van der Waals surface area contributed by atoms with Crippen molar-refractivity contribution in [3.63, 3.8) is 0 Å². The Morgan fingerprint density at radius 3 is 2.20 bits per heavy atom. The van der Waals surface area contributed by atoms with Gasteiger partial charge < -0.3 is 5.11 Å². The molecule has 0 unspecified atom stereocenters. The van der Waals surface area contributed by atoms with Crippen LogP contribution in [-0.4, -0.2) is 36.1 Å². The van der Waals surface area contributed by atoms with Crippen LogP contribution in [0.1, 0.15) is 25.7 Å². The van der Waals surface area contributed by atoms with Gasteiger partial charge in [-0.1, -0.05) is 12.8 Å². The third-order valence-electron chi connectivity index (χ3n) is 2.75. The summed E-state index contributed by atoms with van der Waals surface area (Å²) in [6, 6.07) is 0. The van der Waals surface area contributed by atoms with E-state index < -0.39 is 11.9 Å². The molecule has 5 nitrogen and oxygen atoms in total. The Kier molecular flexibility index (Phi) is 4.08. The molecule has 1 saturated carbocycles. The molecule has 0 heterocycles. The quantitative estimate of drug-likeness (QED) is 0.670. The number of carboxylic acid groups (broad SMARTS) is 1. The highest BCUT2D eigenvalue weighted by molar-refractivity contribution is 5.84. The molecule has 1 fully saturated rings. The van der Waals surface area contributed by atoms with Crippen LogP contribution >= 0.6 is 0 Å². The summed E-state index contributed by atoms with van der Waals surface area (Å²) in [7, 11) is 3.44. The Morgan fingerprint density at radius 1 is 1.20 bits per heavy atom. The highest BCUT2D eigenvalue weighted by Gasteiger charge is 2.35. The zero-order valence-electron chi connectivity index (χ0n) is 9.19. The van der Waals surface area contributed by atoms with E-state index in [1.54, 1.807) is 19.1 Å². The molecular weight excluding hydrogens is 196 g/mol. The number of hydrazine groups is 1. The number of hydrogen-bond acceptors (Lipinski definition) is 3. The fourth-order valence-corrected chi connectivity index (χ4v) is 2.04. The molecule has 2 atom stereocenters. The van der Waals surface area contributed by atoms with Gasteiger partial charge in [0.05, 0.1) is 11.8 Å². The Balaban J connectivity index is 2.63. The average Bonchev–Trinajstić information content (AvgIpc) is 2.16. The second-order valence-corrected chi connectivity index (χ2v) is 4.21. The normalized spacial score (nSPS) is 26.3. The van der Waals surface area contributed by atoms with E-state index in [4.69, 9.17) is 5.11 Å². The molecule has 0 radical (unpaired) electrons. The van der Waals surface area contributed by atoms with Gasteiger partial charge in [-0.05, 0) is 12.8 Å². The van der Waals surface area contributed by atoms with E-state index in [0.717, 1.165) is 12.8 Å². The van der Waals surface area contributed by atoms with Crippen LogP contribution in [0.15, 0.2) is 0 Å². The number of hydrogen-bond donors (Lipinski definition) is 2. The maximum Gasteiger partial charge on any atom is 0.307 e. The van der Waals surface area contributed by atoms with Crippen LogP contribution in [0.4, 0.5) is 0 Å². The van der Waals surface area contributed by atoms with Crippen molar-refractivity contribution >= 4 is 11.9 Å². The lowest BCUT2D eigenvalue weighted by Crippen LogP contribution is -2.45. The predicted molar refractivity (Wildman–Crippen MR) is 54.9 cm³/mol. The zero-order chi connectivity index (χ0) is 11.4. The van der Waals surface area contributed by atoms with E-state index >= 15 is 0 Å². The summed E-state index contributed by atoms with van der Waals surface area (Å²) < 4.78 is 0. The fraction of sp³-hybridized carbons (Fsp3) is 0.800. The van der Waals surface area contributed by atoms with E-state index in [1.165, 1.54) is 0 Å². The van der Waals surface area contributed by atoms with Crippen LogP contribution in [0.25, 0.3) is 0 Å². The third kappa shape index (κ3) is 3.20. The van der Waals surface area contributed by atoms with E-state index in [9.17, 15) is 9.59 Å². The minimum Gasteiger partial charge on any atom is -0.481 e. The summed E-state index contributed by atoms with van der Waals surface area (Å²) in [5.74, 6) is -1.92. The minimum absolute atomic E-state index is 0.174. The number of carboxylic acids is 1. The Labute approximate surface area is 89.4 Å². The molecule has 0 aromatic heterocycles. The van der Waals surface area contributed by atoms with Gasteiger partial charge in [0, 0.05) is 14.1 Å². The first kappa shape index (κ1) is 12.0. The number of nitrogens with zero attached hydrogens (tertiary/aromatic N) is 1. The van der Waals surface area contributed by atoms with Crippen LogP contribution in [0.2, 0.25) is 0 Å². The molecule has 0 aromatic carbocycles. The first-order valence-electron chi connectivity index (χ1n) is 5.23. The smallest absolute Gasteiger partial charge is 0.307 e. The number of carbonyl (C=O) groups is 2. The van der Waals surface area contributed by atoms with E-state index in [0.29, 0.717) is 12.8 Å². The topological polar surface area (TPSA) is 69.6 Å². The number of aliphatic carboxylic acids is 1. The van der Waals surface area contributed by atoms with Gasteiger partial charge in [0.1, 0.15) is 0 Å². The molecule has 0 bridgehead atoms. The third-order valence-corrected chi connectivity index (χ3v) is 2.75. The van der Waals surface area contributed by atoms with Gasteiger partial charge in [-0.2, -0.15) is 0 Å². The first-order chi connectivity index (χ1) is 7.02. The Morgan fingerprint density at radius 2 is 1.73 bits per heavy atom. The molecule has 1 aliphatic carbocycles. The lowest BCUT2D eigenvalue weighted by atomic mass is 9.79. The van der Waals surface area contributed by atoms with Crippen molar-refractivity contribution in [2.24, 2.45) is 11.8 Å².